The number of hydrogen-bond donors (Lipinski definition) is 1. The van der Waals surface area contributed by atoms with Crippen LogP contribution in [0.25, 0.3) is 0 Å². The van der Waals surface area contributed by atoms with Crippen molar-refractivity contribution < 1.29 is 4.79 Å². The number of unbranched alkanes of at least 4 members (excludes halogenated alkanes) is 1. The van der Waals surface area contributed by atoms with E-state index in [0.29, 0.717) is 22.8 Å². The van der Waals surface area contributed by atoms with Gasteiger partial charge in [0.1, 0.15) is 0 Å². The van der Waals surface area contributed by atoms with Crippen LogP contribution in [0.2, 0.25) is 5.02 Å². The Hall–Kier alpha value is -2.00. The largest absolute Gasteiger partial charge is 0.398 e. The first-order valence-corrected chi connectivity index (χ1v) is 7.43. The van der Waals surface area contributed by atoms with Crippen LogP contribution in [0.1, 0.15) is 30.1 Å². The van der Waals surface area contributed by atoms with Gasteiger partial charge < -0.3 is 10.6 Å². The van der Waals surface area contributed by atoms with E-state index in [1.165, 1.54) is 0 Å². The van der Waals surface area contributed by atoms with Crippen molar-refractivity contribution in [3.63, 3.8) is 0 Å². The highest BCUT2D eigenvalue weighted by Crippen LogP contribution is 2.23. The summed E-state index contributed by atoms with van der Waals surface area (Å²) in [7, 11) is 0. The van der Waals surface area contributed by atoms with Gasteiger partial charge in [-0.1, -0.05) is 43.1 Å². The number of nitrogen functional groups attached to an aromatic ring is 1. The van der Waals surface area contributed by atoms with Gasteiger partial charge in [0.25, 0.3) is 5.91 Å². The SMILES string of the molecule is CCCCN(C(=O)c1cc(Cl)ccc1N)c1ccccc1. The van der Waals surface area contributed by atoms with E-state index >= 15 is 0 Å². The van der Waals surface area contributed by atoms with Crippen LogP contribution < -0.4 is 10.6 Å². The maximum absolute atomic E-state index is 12.8. The van der Waals surface area contributed by atoms with Gasteiger partial charge in [0.15, 0.2) is 0 Å². The van der Waals surface area contributed by atoms with Gasteiger partial charge in [0.05, 0.1) is 5.56 Å². The summed E-state index contributed by atoms with van der Waals surface area (Å²) in [5.74, 6) is -0.116. The standard InChI is InChI=1S/C17H19ClN2O/c1-2-3-11-20(14-7-5-4-6-8-14)17(21)15-12-13(18)9-10-16(15)19/h4-10,12H,2-3,11,19H2,1H3. The summed E-state index contributed by atoms with van der Waals surface area (Å²) < 4.78 is 0. The molecule has 0 radical (unpaired) electrons. The highest BCUT2D eigenvalue weighted by atomic mass is 35.5. The van der Waals surface area contributed by atoms with Gasteiger partial charge in [-0.25, -0.2) is 0 Å². The summed E-state index contributed by atoms with van der Waals surface area (Å²) in [6.07, 6.45) is 1.95. The maximum atomic E-state index is 12.8. The molecule has 0 atom stereocenters. The molecule has 1 amide bonds. The molecule has 0 heterocycles. The molecule has 2 rings (SSSR count). The maximum Gasteiger partial charge on any atom is 0.260 e. The lowest BCUT2D eigenvalue weighted by molar-refractivity contribution is 0.0987. The third-order valence-electron chi connectivity index (χ3n) is 3.29. The molecule has 2 aromatic rings. The monoisotopic (exact) mass is 302 g/mol. The quantitative estimate of drug-likeness (QED) is 0.834. The van der Waals surface area contributed by atoms with Crippen LogP contribution >= 0.6 is 11.6 Å². The Balaban J connectivity index is 2.36. The second-order valence-electron chi connectivity index (χ2n) is 4.88. The van der Waals surface area contributed by atoms with Crippen LogP contribution in [0.3, 0.4) is 0 Å². The summed E-state index contributed by atoms with van der Waals surface area (Å²) in [6, 6.07) is 14.6. The molecule has 0 fully saturated rings. The van der Waals surface area contributed by atoms with Crippen LogP contribution in [0.5, 0.6) is 0 Å². The van der Waals surface area contributed by atoms with Crippen molar-refractivity contribution in [2.75, 3.05) is 17.2 Å². The number of hydrogen-bond acceptors (Lipinski definition) is 2. The van der Waals surface area contributed by atoms with Crippen molar-refractivity contribution in [1.29, 1.82) is 0 Å². The molecule has 0 aliphatic heterocycles. The minimum Gasteiger partial charge on any atom is -0.398 e. The normalized spacial score (nSPS) is 10.4. The van der Waals surface area contributed by atoms with Gasteiger partial charge in [-0.05, 0) is 36.8 Å². The van der Waals surface area contributed by atoms with Crippen LogP contribution in [-0.4, -0.2) is 12.5 Å². The lowest BCUT2D eigenvalue weighted by Gasteiger charge is -2.23. The number of anilines is 2. The number of benzene rings is 2. The molecule has 0 aliphatic rings. The summed E-state index contributed by atoms with van der Waals surface area (Å²) in [6.45, 7) is 2.76. The van der Waals surface area contributed by atoms with Crippen molar-refractivity contribution in [3.05, 3.63) is 59.1 Å². The molecule has 0 bridgehead atoms. The van der Waals surface area contributed by atoms with Crippen molar-refractivity contribution in [1.82, 2.24) is 0 Å². The highest BCUT2D eigenvalue weighted by Gasteiger charge is 2.19. The number of carbonyl (C=O) groups excluding carboxylic acids is 1. The minimum atomic E-state index is -0.116. The fourth-order valence-electron chi connectivity index (χ4n) is 2.13. The molecule has 0 aromatic heterocycles. The highest BCUT2D eigenvalue weighted by molar-refractivity contribution is 6.31. The summed E-state index contributed by atoms with van der Waals surface area (Å²) in [4.78, 5) is 14.6. The Morgan fingerprint density at radius 3 is 2.57 bits per heavy atom. The predicted molar refractivity (Wildman–Crippen MR) is 88.9 cm³/mol. The Bertz CT molecular complexity index is 613. The molecular formula is C17H19ClN2O. The third-order valence-corrected chi connectivity index (χ3v) is 3.53. The first-order chi connectivity index (χ1) is 10.1. The minimum absolute atomic E-state index is 0.116. The molecule has 0 saturated heterocycles. The summed E-state index contributed by atoms with van der Waals surface area (Å²) in [5, 5.41) is 0.510. The van der Waals surface area contributed by atoms with Gasteiger partial charge in [0.2, 0.25) is 0 Å². The van der Waals surface area contributed by atoms with E-state index in [2.05, 4.69) is 6.92 Å². The van der Waals surface area contributed by atoms with E-state index < -0.39 is 0 Å². The number of carbonyl (C=O) groups is 1. The second kappa shape index (κ2) is 7.14. The molecule has 0 unspecified atom stereocenters. The van der Waals surface area contributed by atoms with E-state index in [-0.39, 0.29) is 5.91 Å². The molecule has 0 saturated carbocycles. The Morgan fingerprint density at radius 1 is 1.19 bits per heavy atom. The number of nitrogens with two attached hydrogens (primary N) is 1. The zero-order valence-corrected chi connectivity index (χ0v) is 12.8. The Morgan fingerprint density at radius 2 is 1.90 bits per heavy atom. The second-order valence-corrected chi connectivity index (χ2v) is 5.31. The Labute approximate surface area is 130 Å². The molecule has 2 aromatic carbocycles. The summed E-state index contributed by atoms with van der Waals surface area (Å²) >= 11 is 5.99. The van der Waals surface area contributed by atoms with Gasteiger partial charge in [-0.3, -0.25) is 4.79 Å². The molecule has 21 heavy (non-hydrogen) atoms. The predicted octanol–water partition coefficient (Wildman–Crippen LogP) is 4.37. The fourth-order valence-corrected chi connectivity index (χ4v) is 2.30. The number of para-hydroxylation sites is 1. The first-order valence-electron chi connectivity index (χ1n) is 7.05. The van der Waals surface area contributed by atoms with E-state index in [0.717, 1.165) is 18.5 Å². The molecule has 2 N–H and O–H groups in total. The van der Waals surface area contributed by atoms with Crippen LogP contribution in [0.15, 0.2) is 48.5 Å². The van der Waals surface area contributed by atoms with Gasteiger partial charge in [0, 0.05) is 22.9 Å². The van der Waals surface area contributed by atoms with E-state index in [1.807, 2.05) is 30.3 Å². The molecular weight excluding hydrogens is 284 g/mol. The molecule has 3 nitrogen and oxygen atoms in total. The number of rotatable bonds is 5. The third kappa shape index (κ3) is 3.76. The van der Waals surface area contributed by atoms with Crippen molar-refractivity contribution >= 4 is 28.9 Å². The van der Waals surface area contributed by atoms with Crippen molar-refractivity contribution in [2.24, 2.45) is 0 Å². The first kappa shape index (κ1) is 15.4. The average molecular weight is 303 g/mol. The van der Waals surface area contributed by atoms with Gasteiger partial charge in [-0.2, -0.15) is 0 Å². The van der Waals surface area contributed by atoms with E-state index in [4.69, 9.17) is 17.3 Å². The Kier molecular flexibility index (Phi) is 5.23. The van der Waals surface area contributed by atoms with Crippen LogP contribution in [0.4, 0.5) is 11.4 Å². The zero-order valence-electron chi connectivity index (χ0n) is 12.1. The lowest BCUT2D eigenvalue weighted by Crippen LogP contribution is -2.32. The topological polar surface area (TPSA) is 46.3 Å². The van der Waals surface area contributed by atoms with E-state index in [1.54, 1.807) is 23.1 Å². The van der Waals surface area contributed by atoms with Gasteiger partial charge >= 0.3 is 0 Å². The van der Waals surface area contributed by atoms with E-state index in [9.17, 15) is 4.79 Å². The number of halogens is 1. The van der Waals surface area contributed by atoms with Crippen LogP contribution in [-0.2, 0) is 0 Å². The molecule has 4 heteroatoms. The van der Waals surface area contributed by atoms with Crippen molar-refractivity contribution in [2.45, 2.75) is 19.8 Å². The fraction of sp³-hybridized carbons (Fsp3) is 0.235. The zero-order chi connectivity index (χ0) is 15.2. The molecule has 0 aliphatic carbocycles. The van der Waals surface area contributed by atoms with Crippen LogP contribution in [0, 0.1) is 0 Å². The molecule has 110 valence electrons. The number of nitrogens with zero attached hydrogens (tertiary/aromatic N) is 1. The lowest BCUT2D eigenvalue weighted by atomic mass is 10.1. The molecule has 0 spiro atoms. The average Bonchev–Trinajstić information content (AvgIpc) is 2.51. The summed E-state index contributed by atoms with van der Waals surface area (Å²) in [5.41, 5.74) is 7.69. The smallest absolute Gasteiger partial charge is 0.260 e. The number of amides is 1. The van der Waals surface area contributed by atoms with Crippen molar-refractivity contribution in [3.8, 4) is 0 Å². The van der Waals surface area contributed by atoms with Gasteiger partial charge in [-0.15, -0.1) is 0 Å².